The Labute approximate surface area is 119 Å². The van der Waals surface area contributed by atoms with Crippen LogP contribution in [0.3, 0.4) is 0 Å². The summed E-state index contributed by atoms with van der Waals surface area (Å²) in [6.07, 6.45) is 1.19. The molecule has 1 aliphatic heterocycles. The Morgan fingerprint density at radius 2 is 1.95 bits per heavy atom. The molecule has 1 aromatic heterocycles. The van der Waals surface area contributed by atoms with E-state index in [0.717, 1.165) is 10.9 Å². The molecule has 0 radical (unpaired) electrons. The van der Waals surface area contributed by atoms with Crippen LogP contribution < -0.4 is 0 Å². The molecule has 108 valence electrons. The molecule has 19 heavy (non-hydrogen) atoms. The molecule has 1 aliphatic rings. The number of aryl methyl sites for hydroxylation is 1. The molecule has 0 unspecified atom stereocenters. The van der Waals surface area contributed by atoms with Crippen molar-refractivity contribution in [2.45, 2.75) is 31.5 Å². The predicted octanol–water partition coefficient (Wildman–Crippen LogP) is 0.718. The van der Waals surface area contributed by atoms with Crippen LogP contribution in [-0.2, 0) is 7.05 Å². The SMILES string of the molecule is CC(C)N1CCN(CCCSc2nnnn2C)CC1. The quantitative estimate of drug-likeness (QED) is 0.567. The van der Waals surface area contributed by atoms with E-state index in [4.69, 9.17) is 0 Å². The van der Waals surface area contributed by atoms with E-state index in [1.54, 1.807) is 16.4 Å². The van der Waals surface area contributed by atoms with Crippen LogP contribution in [0.4, 0.5) is 0 Å². The second-order valence-corrected chi connectivity index (χ2v) is 6.32. The topological polar surface area (TPSA) is 50.1 Å². The van der Waals surface area contributed by atoms with Crippen molar-refractivity contribution in [1.82, 2.24) is 30.0 Å². The molecule has 0 amide bonds. The zero-order valence-corrected chi connectivity index (χ0v) is 12.9. The number of tetrazole rings is 1. The third-order valence-corrected chi connectivity index (χ3v) is 4.67. The van der Waals surface area contributed by atoms with Gasteiger partial charge in [-0.05, 0) is 37.2 Å². The van der Waals surface area contributed by atoms with Gasteiger partial charge in [-0.2, -0.15) is 0 Å². The van der Waals surface area contributed by atoms with Gasteiger partial charge in [0.15, 0.2) is 0 Å². The van der Waals surface area contributed by atoms with E-state index >= 15 is 0 Å². The Bertz CT molecular complexity index is 372. The molecule has 6 nitrogen and oxygen atoms in total. The van der Waals surface area contributed by atoms with Gasteiger partial charge >= 0.3 is 0 Å². The fourth-order valence-corrected chi connectivity index (χ4v) is 3.07. The normalized spacial score (nSPS) is 18.3. The lowest BCUT2D eigenvalue weighted by atomic mass is 10.2. The number of nitrogens with zero attached hydrogens (tertiary/aromatic N) is 6. The molecular formula is C12H24N6S. The molecule has 1 aromatic rings. The molecule has 0 bridgehead atoms. The number of rotatable bonds is 6. The van der Waals surface area contributed by atoms with Gasteiger partial charge < -0.3 is 4.90 Å². The van der Waals surface area contributed by atoms with Gasteiger partial charge in [0.2, 0.25) is 5.16 Å². The molecule has 0 atom stereocenters. The van der Waals surface area contributed by atoms with Crippen molar-refractivity contribution in [3.8, 4) is 0 Å². The van der Waals surface area contributed by atoms with Crippen molar-refractivity contribution in [3.63, 3.8) is 0 Å². The van der Waals surface area contributed by atoms with Crippen LogP contribution >= 0.6 is 11.8 Å². The zero-order valence-electron chi connectivity index (χ0n) is 12.1. The second kappa shape index (κ2) is 7.21. The molecular weight excluding hydrogens is 260 g/mol. The first-order valence-electron chi connectivity index (χ1n) is 6.98. The summed E-state index contributed by atoms with van der Waals surface area (Å²) < 4.78 is 1.73. The lowest BCUT2D eigenvalue weighted by molar-refractivity contribution is 0.109. The molecule has 0 aliphatic carbocycles. The van der Waals surface area contributed by atoms with E-state index in [9.17, 15) is 0 Å². The summed E-state index contributed by atoms with van der Waals surface area (Å²) in [4.78, 5) is 5.12. The smallest absolute Gasteiger partial charge is 0.209 e. The van der Waals surface area contributed by atoms with E-state index in [2.05, 4.69) is 39.2 Å². The maximum Gasteiger partial charge on any atom is 0.209 e. The number of aromatic nitrogens is 4. The van der Waals surface area contributed by atoms with Crippen molar-refractivity contribution in [1.29, 1.82) is 0 Å². The summed E-state index contributed by atoms with van der Waals surface area (Å²) in [5.41, 5.74) is 0. The second-order valence-electron chi connectivity index (χ2n) is 5.26. The minimum atomic E-state index is 0.682. The van der Waals surface area contributed by atoms with Gasteiger partial charge in [-0.3, -0.25) is 4.90 Å². The highest BCUT2D eigenvalue weighted by molar-refractivity contribution is 7.99. The van der Waals surface area contributed by atoms with Gasteiger partial charge in [0.1, 0.15) is 0 Å². The van der Waals surface area contributed by atoms with Crippen LogP contribution in [0.25, 0.3) is 0 Å². The van der Waals surface area contributed by atoms with E-state index in [-0.39, 0.29) is 0 Å². The Hall–Kier alpha value is -0.660. The summed E-state index contributed by atoms with van der Waals surface area (Å²) in [6, 6.07) is 0.682. The maximum atomic E-state index is 3.97. The monoisotopic (exact) mass is 284 g/mol. The standard InChI is InChI=1S/C12H24N6S/c1-11(2)18-8-6-17(7-9-18)5-4-10-19-12-13-14-15-16(12)3/h11H,4-10H2,1-3H3. The van der Waals surface area contributed by atoms with Crippen LogP contribution in [0.2, 0.25) is 0 Å². The first-order chi connectivity index (χ1) is 9.16. The van der Waals surface area contributed by atoms with Crippen molar-refractivity contribution < 1.29 is 0 Å². The van der Waals surface area contributed by atoms with Gasteiger partial charge in [-0.25, -0.2) is 4.68 Å². The third-order valence-electron chi connectivity index (χ3n) is 3.57. The van der Waals surface area contributed by atoms with Gasteiger partial charge in [-0.1, -0.05) is 11.8 Å². The Balaban J connectivity index is 1.58. The summed E-state index contributed by atoms with van der Waals surface area (Å²) in [7, 11) is 1.88. The summed E-state index contributed by atoms with van der Waals surface area (Å²) >= 11 is 1.74. The van der Waals surface area contributed by atoms with Crippen LogP contribution in [0.1, 0.15) is 20.3 Å². The number of hydrogen-bond donors (Lipinski definition) is 0. The number of thioether (sulfide) groups is 1. The van der Waals surface area contributed by atoms with Gasteiger partial charge in [-0.15, -0.1) is 5.10 Å². The molecule has 0 saturated carbocycles. The maximum absolute atomic E-state index is 3.97. The molecule has 0 aromatic carbocycles. The first-order valence-corrected chi connectivity index (χ1v) is 7.97. The first kappa shape index (κ1) is 14.7. The minimum absolute atomic E-state index is 0.682. The molecule has 0 N–H and O–H groups in total. The Morgan fingerprint density at radius 1 is 1.21 bits per heavy atom. The largest absolute Gasteiger partial charge is 0.301 e. The van der Waals surface area contributed by atoms with E-state index in [1.807, 2.05) is 7.05 Å². The van der Waals surface area contributed by atoms with E-state index in [1.165, 1.54) is 39.1 Å². The predicted molar refractivity (Wildman–Crippen MR) is 77.3 cm³/mol. The highest BCUT2D eigenvalue weighted by atomic mass is 32.2. The van der Waals surface area contributed by atoms with E-state index in [0.29, 0.717) is 6.04 Å². The van der Waals surface area contributed by atoms with Crippen LogP contribution in [0, 0.1) is 0 Å². The average molecular weight is 284 g/mol. The van der Waals surface area contributed by atoms with Crippen LogP contribution in [0.15, 0.2) is 5.16 Å². The van der Waals surface area contributed by atoms with Gasteiger partial charge in [0, 0.05) is 45.0 Å². The average Bonchev–Trinajstić information content (AvgIpc) is 2.81. The Morgan fingerprint density at radius 3 is 2.53 bits per heavy atom. The fraction of sp³-hybridized carbons (Fsp3) is 0.917. The van der Waals surface area contributed by atoms with Crippen LogP contribution in [0.5, 0.6) is 0 Å². The number of hydrogen-bond acceptors (Lipinski definition) is 6. The van der Waals surface area contributed by atoms with Gasteiger partial charge in [0.05, 0.1) is 0 Å². The summed E-state index contributed by atoms with van der Waals surface area (Å²) in [5, 5.41) is 12.4. The minimum Gasteiger partial charge on any atom is -0.301 e. The van der Waals surface area contributed by atoms with Crippen molar-refractivity contribution in [2.75, 3.05) is 38.5 Å². The lowest BCUT2D eigenvalue weighted by Gasteiger charge is -2.36. The molecule has 2 heterocycles. The highest BCUT2D eigenvalue weighted by Crippen LogP contribution is 2.14. The fourth-order valence-electron chi connectivity index (χ4n) is 2.30. The molecule has 1 saturated heterocycles. The summed E-state index contributed by atoms with van der Waals surface area (Å²) in [6.45, 7) is 10.6. The van der Waals surface area contributed by atoms with Crippen molar-refractivity contribution in [3.05, 3.63) is 0 Å². The molecule has 0 spiro atoms. The third kappa shape index (κ3) is 4.43. The zero-order chi connectivity index (χ0) is 13.7. The van der Waals surface area contributed by atoms with Crippen molar-refractivity contribution >= 4 is 11.8 Å². The number of piperazine rings is 1. The van der Waals surface area contributed by atoms with E-state index < -0.39 is 0 Å². The van der Waals surface area contributed by atoms with Crippen LogP contribution in [-0.4, -0.2) is 74.5 Å². The summed E-state index contributed by atoms with van der Waals surface area (Å²) in [5.74, 6) is 1.08. The molecule has 2 rings (SSSR count). The van der Waals surface area contributed by atoms with Gasteiger partial charge in [0.25, 0.3) is 0 Å². The molecule has 7 heteroatoms. The highest BCUT2D eigenvalue weighted by Gasteiger charge is 2.18. The lowest BCUT2D eigenvalue weighted by Crippen LogP contribution is -2.48. The van der Waals surface area contributed by atoms with Crippen molar-refractivity contribution in [2.24, 2.45) is 7.05 Å². The Kier molecular flexibility index (Phi) is 5.59. The molecule has 1 fully saturated rings.